The predicted molar refractivity (Wildman–Crippen MR) is 71.4 cm³/mol. The summed E-state index contributed by atoms with van der Waals surface area (Å²) in [6.07, 6.45) is 3.46. The first-order chi connectivity index (χ1) is 7.51. The molecule has 16 heavy (non-hydrogen) atoms. The smallest absolute Gasteiger partial charge is 0.0346 e. The van der Waals surface area contributed by atoms with Gasteiger partial charge in [-0.15, -0.1) is 0 Å². The van der Waals surface area contributed by atoms with Gasteiger partial charge in [-0.05, 0) is 29.4 Å². The topological polar surface area (TPSA) is 26.0 Å². The van der Waals surface area contributed by atoms with Gasteiger partial charge in [0.05, 0.1) is 0 Å². The van der Waals surface area contributed by atoms with Crippen molar-refractivity contribution < 1.29 is 0 Å². The van der Waals surface area contributed by atoms with Gasteiger partial charge in [0.25, 0.3) is 0 Å². The first-order valence-electron chi connectivity index (χ1n) is 6.35. The zero-order valence-electron chi connectivity index (χ0n) is 11.1. The van der Waals surface area contributed by atoms with Crippen LogP contribution < -0.4 is 5.73 Å². The second kappa shape index (κ2) is 5.49. The van der Waals surface area contributed by atoms with Crippen LogP contribution in [-0.4, -0.2) is 0 Å². The number of hydrogen-bond donors (Lipinski definition) is 1. The van der Waals surface area contributed by atoms with Crippen molar-refractivity contribution in [2.24, 2.45) is 11.1 Å². The van der Waals surface area contributed by atoms with E-state index >= 15 is 0 Å². The van der Waals surface area contributed by atoms with Crippen molar-refractivity contribution in [1.82, 2.24) is 0 Å². The van der Waals surface area contributed by atoms with Crippen molar-refractivity contribution in [2.75, 3.05) is 0 Å². The fourth-order valence-electron chi connectivity index (χ4n) is 1.85. The Morgan fingerprint density at radius 1 is 1.12 bits per heavy atom. The Balaban J connectivity index is 2.81. The Morgan fingerprint density at radius 2 is 1.69 bits per heavy atom. The number of nitrogens with two attached hydrogens (primary N) is 1. The summed E-state index contributed by atoms with van der Waals surface area (Å²) in [5.41, 5.74) is 9.15. The number of benzene rings is 1. The molecule has 0 aliphatic carbocycles. The first-order valence-corrected chi connectivity index (χ1v) is 6.35. The molecule has 0 heterocycles. The van der Waals surface area contributed by atoms with Crippen LogP contribution in [0.25, 0.3) is 0 Å². The van der Waals surface area contributed by atoms with Crippen LogP contribution in [0, 0.1) is 5.41 Å². The average molecular weight is 219 g/mol. The van der Waals surface area contributed by atoms with Gasteiger partial charge >= 0.3 is 0 Å². The Kier molecular flexibility index (Phi) is 4.55. The van der Waals surface area contributed by atoms with E-state index in [1.54, 1.807) is 0 Å². The molecule has 90 valence electrons. The molecule has 1 unspecified atom stereocenters. The molecule has 0 spiro atoms. The molecule has 1 heteroatoms. The molecule has 1 nitrogen and oxygen atoms in total. The van der Waals surface area contributed by atoms with Crippen molar-refractivity contribution in [3.05, 3.63) is 35.4 Å². The second-order valence-electron chi connectivity index (χ2n) is 5.31. The van der Waals surface area contributed by atoms with Gasteiger partial charge in [0.15, 0.2) is 0 Å². The Morgan fingerprint density at radius 3 is 2.12 bits per heavy atom. The lowest BCUT2D eigenvalue weighted by molar-refractivity contribution is 0.278. The summed E-state index contributed by atoms with van der Waals surface area (Å²) >= 11 is 0. The highest BCUT2D eigenvalue weighted by atomic mass is 14.7. The Bertz CT molecular complexity index is 311. The van der Waals surface area contributed by atoms with Crippen LogP contribution >= 0.6 is 0 Å². The maximum absolute atomic E-state index is 6.31. The molecule has 0 aliphatic heterocycles. The van der Waals surface area contributed by atoms with Gasteiger partial charge in [-0.1, -0.05) is 58.4 Å². The van der Waals surface area contributed by atoms with E-state index in [4.69, 9.17) is 5.73 Å². The van der Waals surface area contributed by atoms with E-state index < -0.39 is 0 Å². The van der Waals surface area contributed by atoms with Gasteiger partial charge in [-0.3, -0.25) is 0 Å². The number of rotatable bonds is 5. The minimum Gasteiger partial charge on any atom is -0.324 e. The van der Waals surface area contributed by atoms with Crippen molar-refractivity contribution in [1.29, 1.82) is 0 Å². The molecule has 1 rings (SSSR count). The SMILES string of the molecule is CCCc1ccc(C(N)C(C)(C)CC)cc1. The standard InChI is InChI=1S/C15H25N/c1-5-7-12-8-10-13(11-9-12)14(16)15(3,4)6-2/h8-11,14H,5-7,16H2,1-4H3. The normalized spacial score (nSPS) is 13.8. The lowest BCUT2D eigenvalue weighted by atomic mass is 9.79. The minimum absolute atomic E-state index is 0.133. The van der Waals surface area contributed by atoms with E-state index in [9.17, 15) is 0 Å². The summed E-state index contributed by atoms with van der Waals surface area (Å²) in [5, 5.41) is 0. The third-order valence-corrected chi connectivity index (χ3v) is 3.63. The lowest BCUT2D eigenvalue weighted by Gasteiger charge is -2.30. The fourth-order valence-corrected chi connectivity index (χ4v) is 1.85. The van der Waals surface area contributed by atoms with Crippen molar-refractivity contribution in [3.63, 3.8) is 0 Å². The highest BCUT2D eigenvalue weighted by Crippen LogP contribution is 2.34. The van der Waals surface area contributed by atoms with Crippen molar-refractivity contribution >= 4 is 0 Å². The van der Waals surface area contributed by atoms with E-state index in [-0.39, 0.29) is 11.5 Å². The molecule has 0 radical (unpaired) electrons. The molecular formula is C15H25N. The monoisotopic (exact) mass is 219 g/mol. The average Bonchev–Trinajstić information content (AvgIpc) is 2.29. The van der Waals surface area contributed by atoms with Gasteiger partial charge in [0.2, 0.25) is 0 Å². The largest absolute Gasteiger partial charge is 0.324 e. The minimum atomic E-state index is 0.133. The highest BCUT2D eigenvalue weighted by molar-refractivity contribution is 5.26. The van der Waals surface area contributed by atoms with E-state index in [1.165, 1.54) is 17.5 Å². The van der Waals surface area contributed by atoms with Crippen molar-refractivity contribution in [3.8, 4) is 0 Å². The van der Waals surface area contributed by atoms with E-state index in [0.717, 1.165) is 12.8 Å². The molecule has 1 atom stereocenters. The fraction of sp³-hybridized carbons (Fsp3) is 0.600. The van der Waals surface area contributed by atoms with E-state index in [1.807, 2.05) is 0 Å². The summed E-state index contributed by atoms with van der Waals surface area (Å²) in [6, 6.07) is 8.93. The molecule has 1 aromatic rings. The Labute approximate surface area is 100 Å². The summed E-state index contributed by atoms with van der Waals surface area (Å²) in [6.45, 7) is 8.88. The third kappa shape index (κ3) is 3.08. The van der Waals surface area contributed by atoms with Crippen LogP contribution in [0.2, 0.25) is 0 Å². The number of hydrogen-bond acceptors (Lipinski definition) is 1. The lowest BCUT2D eigenvalue weighted by Crippen LogP contribution is -2.28. The summed E-state index contributed by atoms with van der Waals surface area (Å²) in [5.74, 6) is 0. The first kappa shape index (κ1) is 13.2. The van der Waals surface area contributed by atoms with Crippen LogP contribution in [0.4, 0.5) is 0 Å². The summed E-state index contributed by atoms with van der Waals surface area (Å²) in [7, 11) is 0. The molecular weight excluding hydrogens is 194 g/mol. The van der Waals surface area contributed by atoms with Crippen molar-refractivity contribution in [2.45, 2.75) is 53.0 Å². The quantitative estimate of drug-likeness (QED) is 0.793. The van der Waals surface area contributed by atoms with Crippen LogP contribution in [0.3, 0.4) is 0 Å². The molecule has 0 amide bonds. The molecule has 2 N–H and O–H groups in total. The highest BCUT2D eigenvalue weighted by Gasteiger charge is 2.25. The molecule has 0 saturated carbocycles. The molecule has 0 fully saturated rings. The summed E-state index contributed by atoms with van der Waals surface area (Å²) < 4.78 is 0. The van der Waals surface area contributed by atoms with Crippen LogP contribution in [-0.2, 0) is 6.42 Å². The van der Waals surface area contributed by atoms with Gasteiger partial charge in [-0.25, -0.2) is 0 Å². The maximum Gasteiger partial charge on any atom is 0.0346 e. The van der Waals surface area contributed by atoms with Gasteiger partial charge in [-0.2, -0.15) is 0 Å². The molecule has 1 aromatic carbocycles. The van der Waals surface area contributed by atoms with E-state index in [0.29, 0.717) is 0 Å². The predicted octanol–water partition coefficient (Wildman–Crippen LogP) is 4.08. The molecule has 0 aromatic heterocycles. The Hall–Kier alpha value is -0.820. The molecule has 0 saturated heterocycles. The zero-order chi connectivity index (χ0) is 12.2. The second-order valence-corrected chi connectivity index (χ2v) is 5.31. The third-order valence-electron chi connectivity index (χ3n) is 3.63. The number of aryl methyl sites for hydroxylation is 1. The molecule has 0 aliphatic rings. The summed E-state index contributed by atoms with van der Waals surface area (Å²) in [4.78, 5) is 0. The zero-order valence-corrected chi connectivity index (χ0v) is 11.1. The van der Waals surface area contributed by atoms with Crippen LogP contribution in [0.5, 0.6) is 0 Å². The van der Waals surface area contributed by atoms with Crippen LogP contribution in [0.15, 0.2) is 24.3 Å². The molecule has 0 bridgehead atoms. The van der Waals surface area contributed by atoms with Gasteiger partial charge in [0.1, 0.15) is 0 Å². The van der Waals surface area contributed by atoms with E-state index in [2.05, 4.69) is 52.0 Å². The van der Waals surface area contributed by atoms with Gasteiger partial charge < -0.3 is 5.73 Å². The maximum atomic E-state index is 6.31. The van der Waals surface area contributed by atoms with Crippen LogP contribution in [0.1, 0.15) is 57.7 Å². The van der Waals surface area contributed by atoms with Gasteiger partial charge in [0, 0.05) is 6.04 Å².